The minimum absolute atomic E-state index is 0.0146. The molecule has 10 nitrogen and oxygen atoms in total. The van der Waals surface area contributed by atoms with Gasteiger partial charge in [0.2, 0.25) is 15.5 Å². The Balaban J connectivity index is 1.65. The summed E-state index contributed by atoms with van der Waals surface area (Å²) >= 11 is 1.36. The number of sulfonamides is 1. The minimum atomic E-state index is -3.93. The van der Waals surface area contributed by atoms with E-state index in [1.165, 1.54) is 21.8 Å². The van der Waals surface area contributed by atoms with Crippen molar-refractivity contribution in [2.45, 2.75) is 36.3 Å². The Morgan fingerprint density at radius 2 is 1.97 bits per heavy atom. The number of pyridine rings is 2. The molecule has 2 atom stereocenters. The van der Waals surface area contributed by atoms with Crippen LogP contribution in [0.1, 0.15) is 19.3 Å². The van der Waals surface area contributed by atoms with Gasteiger partial charge in [-0.05, 0) is 32.0 Å². The van der Waals surface area contributed by atoms with Gasteiger partial charge in [0.25, 0.3) is 0 Å². The van der Waals surface area contributed by atoms with E-state index in [0.29, 0.717) is 42.8 Å². The van der Waals surface area contributed by atoms with Crippen LogP contribution in [0.3, 0.4) is 0 Å². The number of anilines is 1. The van der Waals surface area contributed by atoms with Crippen LogP contribution in [0.2, 0.25) is 0 Å². The van der Waals surface area contributed by atoms with Crippen LogP contribution in [0.25, 0.3) is 16.2 Å². The highest BCUT2D eigenvalue weighted by molar-refractivity contribution is 7.89. The molecule has 3 aromatic heterocycles. The van der Waals surface area contributed by atoms with Crippen LogP contribution in [-0.4, -0.2) is 79.7 Å². The van der Waals surface area contributed by atoms with Crippen molar-refractivity contribution in [2.24, 2.45) is 0 Å². The molecule has 2 unspecified atom stereocenters. The first kappa shape index (κ1) is 23.4. The van der Waals surface area contributed by atoms with Gasteiger partial charge in [0.1, 0.15) is 10.7 Å². The highest BCUT2D eigenvalue weighted by Gasteiger charge is 2.34. The molecule has 2 fully saturated rings. The number of likely N-dealkylation sites (N-methyl/N-ethyl adjacent to an activating group) is 1. The Bertz CT molecular complexity index is 1320. The molecule has 0 spiro atoms. The zero-order valence-corrected chi connectivity index (χ0v) is 20.8. The van der Waals surface area contributed by atoms with E-state index in [9.17, 15) is 13.2 Å². The van der Waals surface area contributed by atoms with Gasteiger partial charge in [0.15, 0.2) is 10.8 Å². The highest BCUT2D eigenvalue weighted by atomic mass is 32.2. The number of hydrogen-bond acceptors (Lipinski definition) is 9. The number of methoxy groups -OCH3 is 1. The van der Waals surface area contributed by atoms with Gasteiger partial charge in [0, 0.05) is 51.1 Å². The quantitative estimate of drug-likeness (QED) is 0.537. The summed E-state index contributed by atoms with van der Waals surface area (Å²) in [6.07, 6.45) is 5.64. The molecule has 2 aliphatic rings. The van der Waals surface area contributed by atoms with Crippen LogP contribution in [0.5, 0.6) is 0 Å². The third-order valence-corrected chi connectivity index (χ3v) is 9.29. The van der Waals surface area contributed by atoms with Crippen molar-refractivity contribution >= 4 is 38.2 Å². The molecule has 0 amide bonds. The zero-order chi connectivity index (χ0) is 23.9. The summed E-state index contributed by atoms with van der Waals surface area (Å²) in [4.78, 5) is 24.5. The second-order valence-corrected chi connectivity index (χ2v) is 11.4. The van der Waals surface area contributed by atoms with E-state index in [1.807, 2.05) is 12.4 Å². The Labute approximate surface area is 202 Å². The van der Waals surface area contributed by atoms with Crippen LogP contribution in [0, 0.1) is 0 Å². The maximum atomic E-state index is 13.4. The first-order chi connectivity index (χ1) is 16.4. The molecule has 2 aliphatic heterocycles. The Kier molecular flexibility index (Phi) is 6.42. The van der Waals surface area contributed by atoms with Crippen LogP contribution in [0.4, 0.5) is 5.82 Å². The van der Waals surface area contributed by atoms with Crippen LogP contribution in [0.15, 0.2) is 39.6 Å². The number of ether oxygens (including phenoxy) is 1. The molecular formula is C22H28N6O4S2. The van der Waals surface area contributed by atoms with E-state index in [4.69, 9.17) is 9.72 Å². The number of nitrogens with one attached hydrogen (secondary N) is 1. The fourth-order valence-corrected chi connectivity index (χ4v) is 6.95. The molecule has 0 radical (unpaired) electrons. The molecule has 0 aliphatic carbocycles. The second kappa shape index (κ2) is 9.34. The van der Waals surface area contributed by atoms with Crippen LogP contribution >= 0.6 is 11.3 Å². The van der Waals surface area contributed by atoms with Crippen molar-refractivity contribution in [1.29, 1.82) is 0 Å². The number of thiazole rings is 1. The van der Waals surface area contributed by atoms with Gasteiger partial charge in [-0.3, -0.25) is 9.36 Å². The van der Waals surface area contributed by atoms with Crippen LogP contribution in [-0.2, 0) is 14.8 Å². The van der Waals surface area contributed by atoms with Crippen molar-refractivity contribution in [2.75, 3.05) is 45.2 Å². The monoisotopic (exact) mass is 504 g/mol. The number of piperidine rings is 1. The summed E-state index contributed by atoms with van der Waals surface area (Å²) in [6, 6.07) is 3.60. The van der Waals surface area contributed by atoms with Gasteiger partial charge in [0.05, 0.1) is 17.5 Å². The first-order valence-electron chi connectivity index (χ1n) is 11.4. The minimum Gasteiger partial charge on any atom is -0.378 e. The number of nitrogens with zero attached hydrogens (tertiary/aromatic N) is 5. The van der Waals surface area contributed by atoms with E-state index in [1.54, 1.807) is 30.0 Å². The highest BCUT2D eigenvalue weighted by Crippen LogP contribution is 2.27. The molecule has 182 valence electrons. The summed E-state index contributed by atoms with van der Waals surface area (Å²) in [7, 11) is -0.339. The summed E-state index contributed by atoms with van der Waals surface area (Å²) in [5, 5.41) is 5.88. The average Bonchev–Trinajstić information content (AvgIpc) is 3.54. The standard InChI is InChI=1S/C22H28N6O4S2/c1-23-16-12-26(13-17(16)32-2)19-7-6-15-20(29)18(34(30,31)27-9-4-3-5-10-27)14-28(21(15)25-19)22-24-8-11-33-22/h6-8,11,14,16-17,23H,3-5,9-10,12-13H2,1-2H3. The SMILES string of the molecule is CNC1CN(c2ccc3c(=O)c(S(=O)(=O)N4CCCCC4)cn(-c4nccs4)c3n2)CC1OC. The summed E-state index contributed by atoms with van der Waals surface area (Å²) in [6.45, 7) is 2.22. The Hall–Kier alpha value is -2.38. The lowest BCUT2D eigenvalue weighted by Crippen LogP contribution is -2.38. The van der Waals surface area contributed by atoms with E-state index < -0.39 is 15.5 Å². The lowest BCUT2D eigenvalue weighted by atomic mass is 10.2. The fourth-order valence-electron chi connectivity index (χ4n) is 4.73. The Morgan fingerprint density at radius 3 is 2.62 bits per heavy atom. The fraction of sp³-hybridized carbons (Fsp3) is 0.500. The van der Waals surface area contributed by atoms with Gasteiger partial charge in [-0.15, -0.1) is 11.3 Å². The molecule has 5 heterocycles. The van der Waals surface area contributed by atoms with E-state index in [2.05, 4.69) is 15.2 Å². The molecule has 12 heteroatoms. The summed E-state index contributed by atoms with van der Waals surface area (Å²) in [5.41, 5.74) is -0.145. The summed E-state index contributed by atoms with van der Waals surface area (Å²) in [5.74, 6) is 0.698. The van der Waals surface area contributed by atoms with Gasteiger partial charge in [-0.2, -0.15) is 4.31 Å². The molecule has 3 aromatic rings. The van der Waals surface area contributed by atoms with Crippen molar-refractivity contribution in [1.82, 2.24) is 24.2 Å². The lowest BCUT2D eigenvalue weighted by Gasteiger charge is -2.26. The first-order valence-corrected chi connectivity index (χ1v) is 13.7. The van der Waals surface area contributed by atoms with Gasteiger partial charge >= 0.3 is 0 Å². The second-order valence-electron chi connectivity index (χ2n) is 8.59. The molecule has 0 aromatic carbocycles. The van der Waals surface area contributed by atoms with Crippen LogP contribution < -0.4 is 15.6 Å². The largest absolute Gasteiger partial charge is 0.378 e. The topological polar surface area (TPSA) is 110 Å². The maximum absolute atomic E-state index is 13.4. The van der Waals surface area contributed by atoms with Gasteiger partial charge < -0.3 is 15.0 Å². The third kappa shape index (κ3) is 4.03. The van der Waals surface area contributed by atoms with Gasteiger partial charge in [-0.25, -0.2) is 18.4 Å². The summed E-state index contributed by atoms with van der Waals surface area (Å²) < 4.78 is 35.5. The van der Waals surface area contributed by atoms with Crippen molar-refractivity contribution in [3.05, 3.63) is 40.1 Å². The smallest absolute Gasteiger partial charge is 0.248 e. The van der Waals surface area contributed by atoms with E-state index in [0.717, 1.165) is 19.3 Å². The molecular weight excluding hydrogens is 476 g/mol. The molecule has 0 saturated carbocycles. The lowest BCUT2D eigenvalue weighted by molar-refractivity contribution is 0.0996. The van der Waals surface area contributed by atoms with Gasteiger partial charge in [-0.1, -0.05) is 6.42 Å². The van der Waals surface area contributed by atoms with Crippen molar-refractivity contribution in [3.8, 4) is 5.13 Å². The van der Waals surface area contributed by atoms with Crippen molar-refractivity contribution < 1.29 is 13.2 Å². The zero-order valence-electron chi connectivity index (χ0n) is 19.2. The maximum Gasteiger partial charge on any atom is 0.248 e. The normalized spacial score (nSPS) is 22.0. The van der Waals surface area contributed by atoms with Crippen molar-refractivity contribution in [3.63, 3.8) is 0 Å². The number of fused-ring (bicyclic) bond motifs is 1. The van der Waals surface area contributed by atoms with E-state index in [-0.39, 0.29) is 22.4 Å². The predicted molar refractivity (Wildman–Crippen MR) is 131 cm³/mol. The molecule has 5 rings (SSSR count). The average molecular weight is 505 g/mol. The molecule has 0 bridgehead atoms. The number of rotatable bonds is 6. The van der Waals surface area contributed by atoms with E-state index >= 15 is 0 Å². The number of hydrogen-bond donors (Lipinski definition) is 1. The third-order valence-electron chi connectivity index (χ3n) is 6.63. The Morgan fingerprint density at radius 1 is 1.18 bits per heavy atom. The number of aromatic nitrogens is 3. The predicted octanol–water partition coefficient (Wildman–Crippen LogP) is 1.44. The molecule has 2 saturated heterocycles. The molecule has 34 heavy (non-hydrogen) atoms. The molecule has 1 N–H and O–H groups in total.